The molecule has 1 rings (SSSR count). The van der Waals surface area contributed by atoms with Crippen LogP contribution in [0, 0.1) is 0 Å². The average Bonchev–Trinajstić information content (AvgIpc) is 2.29. The predicted molar refractivity (Wildman–Crippen MR) is 57.2 cm³/mol. The van der Waals surface area contributed by atoms with Crippen LogP contribution >= 0.6 is 0 Å². The van der Waals surface area contributed by atoms with Crippen molar-refractivity contribution in [3.63, 3.8) is 0 Å². The number of ether oxygens (including phenoxy) is 1. The van der Waals surface area contributed by atoms with Crippen molar-refractivity contribution in [2.24, 2.45) is 5.73 Å². The van der Waals surface area contributed by atoms with E-state index in [1.807, 2.05) is 12.1 Å². The first-order valence-electron chi connectivity index (χ1n) is 4.96. The Morgan fingerprint density at radius 2 is 2.20 bits per heavy atom. The minimum atomic E-state index is -0.503. The van der Waals surface area contributed by atoms with Crippen LogP contribution in [0.5, 0.6) is 0 Å². The fourth-order valence-electron chi connectivity index (χ4n) is 1.34. The molecule has 1 unspecified atom stereocenters. The molecule has 4 heteroatoms. The summed E-state index contributed by atoms with van der Waals surface area (Å²) in [6, 6.07) is 3.42. The smallest absolute Gasteiger partial charge is 0.322 e. The van der Waals surface area contributed by atoms with Crippen molar-refractivity contribution in [2.75, 3.05) is 7.11 Å². The Kier molecular flexibility index (Phi) is 4.77. The van der Waals surface area contributed by atoms with Gasteiger partial charge in [-0.3, -0.25) is 9.78 Å². The maximum atomic E-state index is 11.0. The van der Waals surface area contributed by atoms with Crippen molar-refractivity contribution in [1.29, 1.82) is 0 Å². The summed E-state index contributed by atoms with van der Waals surface area (Å²) in [6.07, 6.45) is 5.95. The highest BCUT2D eigenvalue weighted by molar-refractivity contribution is 5.75. The van der Waals surface area contributed by atoms with E-state index in [0.717, 1.165) is 12.8 Å². The van der Waals surface area contributed by atoms with Gasteiger partial charge >= 0.3 is 5.97 Å². The number of rotatable bonds is 5. The summed E-state index contributed by atoms with van der Waals surface area (Å²) in [5, 5.41) is 0. The van der Waals surface area contributed by atoms with Gasteiger partial charge in [0.1, 0.15) is 6.04 Å². The number of carbonyl (C=O) groups excluding carboxylic acids is 1. The van der Waals surface area contributed by atoms with Gasteiger partial charge in [-0.05, 0) is 37.0 Å². The number of nitrogens with two attached hydrogens (primary N) is 1. The van der Waals surface area contributed by atoms with Gasteiger partial charge in [-0.1, -0.05) is 0 Å². The van der Waals surface area contributed by atoms with Gasteiger partial charge in [-0.2, -0.15) is 0 Å². The maximum absolute atomic E-state index is 11.0. The van der Waals surface area contributed by atoms with Crippen molar-refractivity contribution < 1.29 is 9.53 Å². The van der Waals surface area contributed by atoms with E-state index in [-0.39, 0.29) is 5.97 Å². The van der Waals surface area contributed by atoms with Gasteiger partial charge in [-0.15, -0.1) is 0 Å². The quantitative estimate of drug-likeness (QED) is 0.730. The highest BCUT2D eigenvalue weighted by Gasteiger charge is 2.12. The molecule has 0 aliphatic rings. The Balaban J connectivity index is 2.25. The van der Waals surface area contributed by atoms with Crippen LogP contribution in [0.1, 0.15) is 18.4 Å². The van der Waals surface area contributed by atoms with E-state index < -0.39 is 6.04 Å². The number of methoxy groups -OCH3 is 1. The minimum absolute atomic E-state index is 0.343. The van der Waals surface area contributed by atoms with Crippen LogP contribution in [0.2, 0.25) is 0 Å². The SMILES string of the molecule is COC(=O)C(N)CCCc1ccncc1. The molecule has 1 aromatic rings. The summed E-state index contributed by atoms with van der Waals surface area (Å²) in [5.41, 5.74) is 6.82. The van der Waals surface area contributed by atoms with Crippen LogP contribution in [0.25, 0.3) is 0 Å². The molecule has 0 radical (unpaired) electrons. The van der Waals surface area contributed by atoms with Crippen LogP contribution < -0.4 is 5.73 Å². The third kappa shape index (κ3) is 4.08. The molecule has 0 spiro atoms. The zero-order chi connectivity index (χ0) is 11.1. The summed E-state index contributed by atoms with van der Waals surface area (Å²) in [6.45, 7) is 0. The van der Waals surface area contributed by atoms with Crippen molar-refractivity contribution in [3.05, 3.63) is 30.1 Å². The van der Waals surface area contributed by atoms with Crippen molar-refractivity contribution in [1.82, 2.24) is 4.98 Å². The Morgan fingerprint density at radius 1 is 1.53 bits per heavy atom. The lowest BCUT2D eigenvalue weighted by molar-refractivity contribution is -0.142. The molecule has 2 N–H and O–H groups in total. The topological polar surface area (TPSA) is 65.2 Å². The fourth-order valence-corrected chi connectivity index (χ4v) is 1.34. The summed E-state index contributed by atoms with van der Waals surface area (Å²) < 4.78 is 4.54. The van der Waals surface area contributed by atoms with Crippen LogP contribution in [-0.4, -0.2) is 24.1 Å². The molecule has 0 fully saturated rings. The molecule has 1 atom stereocenters. The molecule has 1 heterocycles. The van der Waals surface area contributed by atoms with E-state index >= 15 is 0 Å². The largest absolute Gasteiger partial charge is 0.468 e. The number of aryl methyl sites for hydroxylation is 1. The van der Waals surface area contributed by atoms with Crippen molar-refractivity contribution in [3.8, 4) is 0 Å². The first-order valence-corrected chi connectivity index (χ1v) is 4.96. The maximum Gasteiger partial charge on any atom is 0.322 e. The van der Waals surface area contributed by atoms with E-state index in [4.69, 9.17) is 5.73 Å². The van der Waals surface area contributed by atoms with Crippen molar-refractivity contribution in [2.45, 2.75) is 25.3 Å². The molecule has 0 aromatic carbocycles. The van der Waals surface area contributed by atoms with E-state index in [9.17, 15) is 4.79 Å². The van der Waals surface area contributed by atoms with Crippen LogP contribution in [0.4, 0.5) is 0 Å². The molecule has 4 nitrogen and oxygen atoms in total. The molecule has 15 heavy (non-hydrogen) atoms. The van der Waals surface area contributed by atoms with Gasteiger partial charge in [0.2, 0.25) is 0 Å². The highest BCUT2D eigenvalue weighted by atomic mass is 16.5. The van der Waals surface area contributed by atoms with Crippen LogP contribution in [0.3, 0.4) is 0 Å². The molecule has 82 valence electrons. The molecular weight excluding hydrogens is 192 g/mol. The second kappa shape index (κ2) is 6.14. The van der Waals surface area contributed by atoms with Crippen molar-refractivity contribution >= 4 is 5.97 Å². The summed E-state index contributed by atoms with van der Waals surface area (Å²) >= 11 is 0. The molecular formula is C11H16N2O2. The van der Waals surface area contributed by atoms with Gasteiger partial charge < -0.3 is 10.5 Å². The highest BCUT2D eigenvalue weighted by Crippen LogP contribution is 2.05. The minimum Gasteiger partial charge on any atom is -0.468 e. The number of hydrogen-bond acceptors (Lipinski definition) is 4. The second-order valence-corrected chi connectivity index (χ2v) is 3.38. The third-order valence-corrected chi connectivity index (χ3v) is 2.23. The van der Waals surface area contributed by atoms with E-state index in [0.29, 0.717) is 6.42 Å². The molecule has 0 aliphatic carbocycles. The van der Waals surface area contributed by atoms with E-state index in [1.165, 1.54) is 12.7 Å². The Labute approximate surface area is 89.5 Å². The Morgan fingerprint density at radius 3 is 2.80 bits per heavy atom. The molecule has 0 amide bonds. The Bertz CT molecular complexity index is 301. The molecule has 0 bridgehead atoms. The Hall–Kier alpha value is -1.42. The van der Waals surface area contributed by atoms with E-state index in [1.54, 1.807) is 12.4 Å². The summed E-state index contributed by atoms with van der Waals surface area (Å²) in [4.78, 5) is 14.9. The molecule has 0 aliphatic heterocycles. The molecule has 1 aromatic heterocycles. The third-order valence-electron chi connectivity index (χ3n) is 2.23. The molecule has 0 saturated heterocycles. The van der Waals surface area contributed by atoms with Gasteiger partial charge in [-0.25, -0.2) is 0 Å². The number of esters is 1. The zero-order valence-corrected chi connectivity index (χ0v) is 8.85. The lowest BCUT2D eigenvalue weighted by Gasteiger charge is -2.08. The van der Waals surface area contributed by atoms with E-state index in [2.05, 4.69) is 9.72 Å². The van der Waals surface area contributed by atoms with Crippen LogP contribution in [-0.2, 0) is 16.0 Å². The lowest BCUT2D eigenvalue weighted by Crippen LogP contribution is -2.31. The lowest BCUT2D eigenvalue weighted by atomic mass is 10.1. The first kappa shape index (κ1) is 11.7. The van der Waals surface area contributed by atoms with Gasteiger partial charge in [0.25, 0.3) is 0 Å². The number of hydrogen-bond donors (Lipinski definition) is 1. The van der Waals surface area contributed by atoms with Gasteiger partial charge in [0, 0.05) is 12.4 Å². The standard InChI is InChI=1S/C11H16N2O2/c1-15-11(14)10(12)4-2-3-9-5-7-13-8-6-9/h5-8,10H,2-4,12H2,1H3. The first-order chi connectivity index (χ1) is 7.24. The summed E-state index contributed by atoms with van der Waals surface area (Å²) in [5.74, 6) is -0.343. The number of aromatic nitrogens is 1. The van der Waals surface area contributed by atoms with Crippen LogP contribution in [0.15, 0.2) is 24.5 Å². The van der Waals surface area contributed by atoms with Gasteiger partial charge in [0.05, 0.1) is 7.11 Å². The molecule has 0 saturated carbocycles. The monoisotopic (exact) mass is 208 g/mol. The zero-order valence-electron chi connectivity index (χ0n) is 8.85. The predicted octanol–water partition coefficient (Wildman–Crippen LogP) is 0.905. The summed E-state index contributed by atoms with van der Waals surface area (Å²) in [7, 11) is 1.35. The number of pyridine rings is 1. The number of carbonyl (C=O) groups is 1. The average molecular weight is 208 g/mol. The fraction of sp³-hybridized carbons (Fsp3) is 0.455. The van der Waals surface area contributed by atoms with Gasteiger partial charge in [0.15, 0.2) is 0 Å². The normalized spacial score (nSPS) is 12.1. The number of nitrogens with zero attached hydrogens (tertiary/aromatic N) is 1. The second-order valence-electron chi connectivity index (χ2n) is 3.38.